The fraction of sp³-hybridized carbons (Fsp3) is 0.429. The van der Waals surface area contributed by atoms with Crippen LogP contribution in [0.4, 0.5) is 4.39 Å². The van der Waals surface area contributed by atoms with Crippen molar-refractivity contribution < 1.29 is 13.7 Å². The summed E-state index contributed by atoms with van der Waals surface area (Å²) in [6, 6.07) is 8.55. The lowest BCUT2D eigenvalue weighted by Crippen LogP contribution is -2.33. The molecular weight excluding hydrogens is 345 g/mol. The second-order valence-corrected chi connectivity index (χ2v) is 7.19. The molecule has 6 heteroatoms. The molecule has 1 fully saturated rings. The SMILES string of the molecule is Fc1ccc2c(OCCCC3CCN(Cc4ccncc4)CC3)noc2c1. The first-order chi connectivity index (χ1) is 13.3. The van der Waals surface area contributed by atoms with Gasteiger partial charge in [-0.05, 0) is 79.7 Å². The van der Waals surface area contributed by atoms with Crippen molar-refractivity contribution in [2.45, 2.75) is 32.2 Å². The number of ether oxygens (including phenoxy) is 1. The second kappa shape index (κ2) is 8.48. The van der Waals surface area contributed by atoms with E-state index in [0.29, 0.717) is 18.1 Å². The van der Waals surface area contributed by atoms with Gasteiger partial charge >= 0.3 is 0 Å². The quantitative estimate of drug-likeness (QED) is 0.577. The van der Waals surface area contributed by atoms with Crippen LogP contribution < -0.4 is 4.74 Å². The summed E-state index contributed by atoms with van der Waals surface area (Å²) in [5, 5.41) is 4.62. The van der Waals surface area contributed by atoms with Crippen LogP contribution in [0.2, 0.25) is 0 Å². The third-order valence-corrected chi connectivity index (χ3v) is 5.26. The van der Waals surface area contributed by atoms with Crippen LogP contribution in [0.3, 0.4) is 0 Å². The molecule has 0 saturated carbocycles. The maximum Gasteiger partial charge on any atom is 0.262 e. The monoisotopic (exact) mass is 369 g/mol. The Hall–Kier alpha value is -2.47. The van der Waals surface area contributed by atoms with Crippen molar-refractivity contribution in [3.63, 3.8) is 0 Å². The maximum atomic E-state index is 13.2. The second-order valence-electron chi connectivity index (χ2n) is 7.19. The molecule has 1 aromatic carbocycles. The molecule has 0 spiro atoms. The van der Waals surface area contributed by atoms with E-state index in [4.69, 9.17) is 9.26 Å². The lowest BCUT2D eigenvalue weighted by molar-refractivity contribution is 0.165. The zero-order valence-electron chi connectivity index (χ0n) is 15.3. The molecule has 0 amide bonds. The van der Waals surface area contributed by atoms with Gasteiger partial charge in [-0.2, -0.15) is 0 Å². The molecule has 0 N–H and O–H groups in total. The van der Waals surface area contributed by atoms with Gasteiger partial charge in [-0.1, -0.05) is 0 Å². The van der Waals surface area contributed by atoms with Gasteiger partial charge in [0.1, 0.15) is 5.82 Å². The lowest BCUT2D eigenvalue weighted by Gasteiger charge is -2.32. The van der Waals surface area contributed by atoms with E-state index in [1.807, 2.05) is 12.4 Å². The Labute approximate surface area is 158 Å². The first-order valence-electron chi connectivity index (χ1n) is 9.57. The van der Waals surface area contributed by atoms with Crippen molar-refractivity contribution in [3.05, 3.63) is 54.1 Å². The number of rotatable bonds is 7. The first kappa shape index (κ1) is 17.9. The van der Waals surface area contributed by atoms with Crippen LogP contribution in [0.15, 0.2) is 47.2 Å². The number of hydrogen-bond acceptors (Lipinski definition) is 5. The highest BCUT2D eigenvalue weighted by Crippen LogP contribution is 2.26. The third kappa shape index (κ3) is 4.63. The zero-order chi connectivity index (χ0) is 18.5. The van der Waals surface area contributed by atoms with E-state index in [2.05, 4.69) is 27.2 Å². The Bertz CT molecular complexity index is 860. The predicted octanol–water partition coefficient (Wildman–Crippen LogP) is 4.43. The molecule has 1 aliphatic rings. The molecular formula is C21H24FN3O2. The van der Waals surface area contributed by atoms with Gasteiger partial charge in [0.05, 0.1) is 12.0 Å². The average molecular weight is 369 g/mol. The number of likely N-dealkylation sites (tertiary alicyclic amines) is 1. The molecule has 4 rings (SSSR count). The van der Waals surface area contributed by atoms with Gasteiger partial charge in [0, 0.05) is 25.0 Å². The molecule has 142 valence electrons. The number of benzene rings is 1. The number of pyridine rings is 1. The fourth-order valence-corrected chi connectivity index (χ4v) is 3.71. The highest BCUT2D eigenvalue weighted by atomic mass is 19.1. The molecule has 0 aliphatic carbocycles. The Morgan fingerprint density at radius 3 is 2.78 bits per heavy atom. The van der Waals surface area contributed by atoms with Crippen LogP contribution >= 0.6 is 0 Å². The molecule has 0 radical (unpaired) electrons. The van der Waals surface area contributed by atoms with Gasteiger partial charge in [-0.15, -0.1) is 0 Å². The van der Waals surface area contributed by atoms with E-state index < -0.39 is 0 Å². The van der Waals surface area contributed by atoms with E-state index >= 15 is 0 Å². The van der Waals surface area contributed by atoms with Crippen molar-refractivity contribution in [3.8, 4) is 5.88 Å². The van der Waals surface area contributed by atoms with Gasteiger partial charge in [0.2, 0.25) is 0 Å². The summed E-state index contributed by atoms with van der Waals surface area (Å²) in [5.74, 6) is 0.878. The Kier molecular flexibility index (Phi) is 5.63. The standard InChI is InChI=1S/C21H24FN3O2/c22-18-3-4-19-20(14-18)27-24-21(19)26-13-1-2-16-7-11-25(12-8-16)15-17-5-9-23-10-6-17/h3-6,9-10,14,16H,1-2,7-8,11-13,15H2. The average Bonchev–Trinajstić information content (AvgIpc) is 3.09. The first-order valence-corrected chi connectivity index (χ1v) is 9.57. The number of halogens is 1. The van der Waals surface area contributed by atoms with Gasteiger partial charge in [-0.3, -0.25) is 9.88 Å². The van der Waals surface area contributed by atoms with Crippen molar-refractivity contribution in [1.29, 1.82) is 0 Å². The van der Waals surface area contributed by atoms with E-state index in [0.717, 1.165) is 43.8 Å². The summed E-state index contributed by atoms with van der Waals surface area (Å²) in [6.45, 7) is 3.91. The topological polar surface area (TPSA) is 51.4 Å². The summed E-state index contributed by atoms with van der Waals surface area (Å²) in [5.41, 5.74) is 1.75. The van der Waals surface area contributed by atoms with E-state index in [-0.39, 0.29) is 5.82 Å². The van der Waals surface area contributed by atoms with Crippen LogP contribution in [0.1, 0.15) is 31.2 Å². The maximum absolute atomic E-state index is 13.2. The number of piperidine rings is 1. The predicted molar refractivity (Wildman–Crippen MR) is 101 cm³/mol. The van der Waals surface area contributed by atoms with Crippen LogP contribution in [0, 0.1) is 11.7 Å². The van der Waals surface area contributed by atoms with Crippen molar-refractivity contribution in [2.75, 3.05) is 19.7 Å². The van der Waals surface area contributed by atoms with E-state index in [1.54, 1.807) is 6.07 Å². The Morgan fingerprint density at radius 1 is 1.15 bits per heavy atom. The fourth-order valence-electron chi connectivity index (χ4n) is 3.71. The Balaban J connectivity index is 1.17. The normalized spacial score (nSPS) is 16.0. The van der Waals surface area contributed by atoms with Gasteiger partial charge < -0.3 is 9.26 Å². The molecule has 1 aliphatic heterocycles. The third-order valence-electron chi connectivity index (χ3n) is 5.26. The Morgan fingerprint density at radius 2 is 1.96 bits per heavy atom. The summed E-state index contributed by atoms with van der Waals surface area (Å²) in [6.07, 6.45) is 8.33. The van der Waals surface area contributed by atoms with Crippen molar-refractivity contribution >= 4 is 11.0 Å². The van der Waals surface area contributed by atoms with Gasteiger partial charge in [-0.25, -0.2) is 4.39 Å². The van der Waals surface area contributed by atoms with Crippen LogP contribution in [-0.2, 0) is 6.54 Å². The van der Waals surface area contributed by atoms with Crippen molar-refractivity contribution in [2.24, 2.45) is 5.92 Å². The molecule has 1 saturated heterocycles. The van der Waals surface area contributed by atoms with Crippen LogP contribution in [0.5, 0.6) is 5.88 Å². The largest absolute Gasteiger partial charge is 0.475 e. The summed E-state index contributed by atoms with van der Waals surface area (Å²) in [4.78, 5) is 6.59. The minimum atomic E-state index is -0.333. The minimum Gasteiger partial charge on any atom is -0.475 e. The molecule has 27 heavy (non-hydrogen) atoms. The number of nitrogens with zero attached hydrogens (tertiary/aromatic N) is 3. The minimum absolute atomic E-state index is 0.333. The van der Waals surface area contributed by atoms with Crippen molar-refractivity contribution in [1.82, 2.24) is 15.0 Å². The van der Waals surface area contributed by atoms with Crippen LogP contribution in [-0.4, -0.2) is 34.7 Å². The van der Waals surface area contributed by atoms with E-state index in [1.165, 1.54) is 30.5 Å². The van der Waals surface area contributed by atoms with Gasteiger partial charge in [0.15, 0.2) is 5.58 Å². The molecule has 3 heterocycles. The van der Waals surface area contributed by atoms with Crippen LogP contribution in [0.25, 0.3) is 11.0 Å². The lowest BCUT2D eigenvalue weighted by atomic mass is 9.92. The smallest absolute Gasteiger partial charge is 0.262 e. The molecule has 3 aromatic rings. The highest BCUT2D eigenvalue weighted by Gasteiger charge is 2.19. The van der Waals surface area contributed by atoms with E-state index in [9.17, 15) is 4.39 Å². The number of fused-ring (bicyclic) bond motifs is 1. The summed E-state index contributed by atoms with van der Waals surface area (Å²) < 4.78 is 24.0. The molecule has 5 nitrogen and oxygen atoms in total. The molecule has 0 unspecified atom stereocenters. The molecule has 0 atom stereocenters. The van der Waals surface area contributed by atoms with Gasteiger partial charge in [0.25, 0.3) is 5.88 Å². The highest BCUT2D eigenvalue weighted by molar-refractivity contribution is 5.81. The number of aromatic nitrogens is 2. The summed E-state index contributed by atoms with van der Waals surface area (Å²) in [7, 11) is 0. The summed E-state index contributed by atoms with van der Waals surface area (Å²) >= 11 is 0. The zero-order valence-corrected chi connectivity index (χ0v) is 15.3. The molecule has 2 aromatic heterocycles. The molecule has 0 bridgehead atoms. The number of hydrogen-bond donors (Lipinski definition) is 0.